The van der Waals surface area contributed by atoms with E-state index >= 15 is 0 Å². The number of hydrogen-bond acceptors (Lipinski definition) is 4. The second kappa shape index (κ2) is 6.95. The molecule has 0 saturated heterocycles. The van der Waals surface area contributed by atoms with Crippen LogP contribution in [-0.4, -0.2) is 45.6 Å². The highest BCUT2D eigenvalue weighted by molar-refractivity contribution is 7.90. The summed E-state index contributed by atoms with van der Waals surface area (Å²) < 4.78 is 54.8. The maximum atomic E-state index is 13.6. The molecule has 0 unspecified atom stereocenters. The molecule has 0 heterocycles. The van der Waals surface area contributed by atoms with Gasteiger partial charge in [0.05, 0.1) is 15.8 Å². The largest absolute Gasteiger partial charge is 0.243 e. The average Bonchev–Trinajstić information content (AvgIpc) is 3.41. The molecule has 1 saturated carbocycles. The van der Waals surface area contributed by atoms with Gasteiger partial charge in [0, 0.05) is 20.1 Å². The highest BCUT2D eigenvalue weighted by atomic mass is 32.2. The fourth-order valence-electron chi connectivity index (χ4n) is 3.87. The Labute approximate surface area is 166 Å². The van der Waals surface area contributed by atoms with Gasteiger partial charge in [-0.1, -0.05) is 30.3 Å². The van der Waals surface area contributed by atoms with Gasteiger partial charge in [-0.3, -0.25) is 0 Å². The first kappa shape index (κ1) is 19.6. The van der Waals surface area contributed by atoms with E-state index < -0.39 is 20.0 Å². The molecule has 2 aromatic carbocycles. The number of fused-ring (bicyclic) bond motifs is 1. The summed E-state index contributed by atoms with van der Waals surface area (Å²) in [5.74, 6) is 0. The molecule has 8 heteroatoms. The van der Waals surface area contributed by atoms with E-state index in [0.29, 0.717) is 0 Å². The number of benzene rings is 2. The topological polar surface area (TPSA) is 74.8 Å². The zero-order valence-electron chi connectivity index (χ0n) is 15.9. The van der Waals surface area contributed by atoms with Crippen molar-refractivity contribution in [1.82, 2.24) is 8.61 Å². The predicted molar refractivity (Wildman–Crippen MR) is 107 cm³/mol. The van der Waals surface area contributed by atoms with Crippen LogP contribution >= 0.6 is 0 Å². The van der Waals surface area contributed by atoms with Crippen LogP contribution in [0.3, 0.4) is 0 Å². The van der Waals surface area contributed by atoms with E-state index in [1.165, 1.54) is 43.9 Å². The first-order valence-corrected chi connectivity index (χ1v) is 12.2. The molecular weight excluding hydrogens is 396 g/mol. The Morgan fingerprint density at radius 2 is 1.46 bits per heavy atom. The van der Waals surface area contributed by atoms with Gasteiger partial charge in [0.2, 0.25) is 20.0 Å². The highest BCUT2D eigenvalue weighted by Crippen LogP contribution is 2.45. The standard InChI is InChI=1S/C20H24N2O4S2/c1-21(2)27(23,24)17-7-5-8-18(14-17)28(25,26)22(16-11-12-16)20-13-10-15-6-3-4-9-19(15)20/h3-9,14,16,20H,10-13H2,1-2H3/t20-/m0/s1. The number of rotatable bonds is 6. The first-order valence-electron chi connectivity index (χ1n) is 9.37. The zero-order chi connectivity index (χ0) is 20.1. The van der Waals surface area contributed by atoms with Crippen molar-refractivity contribution in [3.63, 3.8) is 0 Å². The Morgan fingerprint density at radius 1 is 0.821 bits per heavy atom. The van der Waals surface area contributed by atoms with Crippen molar-refractivity contribution in [2.45, 2.75) is 47.6 Å². The average molecular weight is 421 g/mol. The smallest absolute Gasteiger partial charge is 0.207 e. The van der Waals surface area contributed by atoms with Crippen LogP contribution in [0.4, 0.5) is 0 Å². The molecule has 2 aliphatic carbocycles. The van der Waals surface area contributed by atoms with E-state index in [1.54, 1.807) is 4.31 Å². The fraction of sp³-hybridized carbons (Fsp3) is 0.400. The van der Waals surface area contributed by atoms with Gasteiger partial charge in [-0.05, 0) is 55.0 Å². The quantitative estimate of drug-likeness (QED) is 0.720. The summed E-state index contributed by atoms with van der Waals surface area (Å²) in [6, 6.07) is 13.5. The fourth-order valence-corrected chi connectivity index (χ4v) is 6.82. The third kappa shape index (κ3) is 3.28. The summed E-state index contributed by atoms with van der Waals surface area (Å²) >= 11 is 0. The lowest BCUT2D eigenvalue weighted by atomic mass is 10.1. The maximum absolute atomic E-state index is 13.6. The van der Waals surface area contributed by atoms with Crippen LogP contribution in [0.2, 0.25) is 0 Å². The van der Waals surface area contributed by atoms with Crippen LogP contribution in [0.15, 0.2) is 58.3 Å². The molecular formula is C20H24N2O4S2. The molecule has 0 aliphatic heterocycles. The monoisotopic (exact) mass is 420 g/mol. The Balaban J connectivity index is 1.77. The second-order valence-corrected chi connectivity index (χ2v) is 11.6. The van der Waals surface area contributed by atoms with Gasteiger partial charge in [0.1, 0.15) is 0 Å². The zero-order valence-corrected chi connectivity index (χ0v) is 17.6. The molecule has 6 nitrogen and oxygen atoms in total. The molecule has 0 aromatic heterocycles. The second-order valence-electron chi connectivity index (χ2n) is 7.58. The lowest BCUT2D eigenvalue weighted by Crippen LogP contribution is -2.36. The molecule has 0 bridgehead atoms. The van der Waals surface area contributed by atoms with Crippen molar-refractivity contribution in [1.29, 1.82) is 0 Å². The van der Waals surface area contributed by atoms with Crippen LogP contribution in [0.5, 0.6) is 0 Å². The molecule has 1 fully saturated rings. The van der Waals surface area contributed by atoms with Gasteiger partial charge in [0.25, 0.3) is 0 Å². The van der Waals surface area contributed by atoms with E-state index in [4.69, 9.17) is 0 Å². The van der Waals surface area contributed by atoms with Gasteiger partial charge in [-0.2, -0.15) is 4.31 Å². The van der Waals surface area contributed by atoms with Crippen molar-refractivity contribution in [3.05, 3.63) is 59.7 Å². The molecule has 28 heavy (non-hydrogen) atoms. The maximum Gasteiger partial charge on any atom is 0.243 e. The van der Waals surface area contributed by atoms with Crippen LogP contribution in [0.1, 0.15) is 36.4 Å². The van der Waals surface area contributed by atoms with E-state index in [2.05, 4.69) is 6.07 Å². The molecule has 2 aromatic rings. The van der Waals surface area contributed by atoms with Crippen LogP contribution in [0.25, 0.3) is 0 Å². The third-order valence-corrected chi connectivity index (χ3v) is 9.24. The van der Waals surface area contributed by atoms with Gasteiger partial charge >= 0.3 is 0 Å². The summed E-state index contributed by atoms with van der Waals surface area (Å²) in [5.41, 5.74) is 2.26. The van der Waals surface area contributed by atoms with Crippen molar-refractivity contribution < 1.29 is 16.8 Å². The van der Waals surface area contributed by atoms with E-state index in [0.717, 1.165) is 35.6 Å². The van der Waals surface area contributed by atoms with E-state index in [1.807, 2.05) is 18.2 Å². The summed E-state index contributed by atoms with van der Waals surface area (Å²) in [5, 5.41) is 0. The molecule has 0 amide bonds. The minimum Gasteiger partial charge on any atom is -0.207 e. The summed E-state index contributed by atoms with van der Waals surface area (Å²) in [6.45, 7) is 0. The minimum absolute atomic E-state index is 0.0128. The van der Waals surface area contributed by atoms with Crippen molar-refractivity contribution in [3.8, 4) is 0 Å². The lowest BCUT2D eigenvalue weighted by Gasteiger charge is -2.29. The molecule has 0 N–H and O–H groups in total. The highest BCUT2D eigenvalue weighted by Gasteiger charge is 2.45. The Morgan fingerprint density at radius 3 is 2.11 bits per heavy atom. The molecule has 2 aliphatic rings. The van der Waals surface area contributed by atoms with Gasteiger partial charge in [0.15, 0.2) is 0 Å². The number of sulfonamides is 2. The summed E-state index contributed by atoms with van der Waals surface area (Å²) in [6.07, 6.45) is 3.29. The Bertz CT molecular complexity index is 1110. The summed E-state index contributed by atoms with van der Waals surface area (Å²) in [7, 11) is -4.66. The molecule has 150 valence electrons. The van der Waals surface area contributed by atoms with Crippen molar-refractivity contribution in [2.75, 3.05) is 14.1 Å². The lowest BCUT2D eigenvalue weighted by molar-refractivity contribution is 0.314. The Hall–Kier alpha value is -1.74. The number of aryl methyl sites for hydroxylation is 1. The molecule has 0 spiro atoms. The normalized spacial score (nSPS) is 19.9. The predicted octanol–water partition coefficient (Wildman–Crippen LogP) is 2.78. The number of nitrogens with zero attached hydrogens (tertiary/aromatic N) is 2. The minimum atomic E-state index is -3.82. The van der Waals surface area contributed by atoms with Gasteiger partial charge in [-0.25, -0.2) is 21.1 Å². The van der Waals surface area contributed by atoms with E-state index in [9.17, 15) is 16.8 Å². The molecule has 4 rings (SSSR count). The van der Waals surface area contributed by atoms with Crippen molar-refractivity contribution >= 4 is 20.0 Å². The van der Waals surface area contributed by atoms with Crippen LogP contribution < -0.4 is 0 Å². The molecule has 1 atom stereocenters. The van der Waals surface area contributed by atoms with Crippen LogP contribution in [-0.2, 0) is 26.5 Å². The van der Waals surface area contributed by atoms with Crippen LogP contribution in [0, 0.1) is 0 Å². The summed E-state index contributed by atoms with van der Waals surface area (Å²) in [4.78, 5) is 0.0212. The Kier molecular flexibility index (Phi) is 4.86. The third-order valence-electron chi connectivity index (χ3n) is 5.47. The molecule has 0 radical (unpaired) electrons. The van der Waals surface area contributed by atoms with E-state index in [-0.39, 0.29) is 21.9 Å². The van der Waals surface area contributed by atoms with Crippen molar-refractivity contribution in [2.24, 2.45) is 0 Å². The number of hydrogen-bond donors (Lipinski definition) is 0. The first-order chi connectivity index (χ1) is 13.2. The SMILES string of the molecule is CN(C)S(=O)(=O)c1cccc(S(=O)(=O)N(C2CC2)[C@H]2CCc3ccccc32)c1. The van der Waals surface area contributed by atoms with Gasteiger partial charge in [-0.15, -0.1) is 0 Å². The van der Waals surface area contributed by atoms with Gasteiger partial charge < -0.3 is 0 Å².